The summed E-state index contributed by atoms with van der Waals surface area (Å²) in [5, 5.41) is 8.87. The fraction of sp³-hybridized carbons (Fsp3) is 0.738. The van der Waals surface area contributed by atoms with Gasteiger partial charge in [-0.15, -0.1) is 0 Å². The van der Waals surface area contributed by atoms with E-state index in [-0.39, 0.29) is 19.4 Å². The highest BCUT2D eigenvalue weighted by Crippen LogP contribution is 2.43. The molecule has 54 heavy (non-hydrogen) atoms. The summed E-state index contributed by atoms with van der Waals surface area (Å²) in [4.78, 5) is 45.9. The molecule has 0 aromatic carbocycles. The molecule has 0 amide bonds. The van der Waals surface area contributed by atoms with Gasteiger partial charge >= 0.3 is 25.7 Å². The number of hydrogen-bond acceptors (Lipinski definition) is 9. The molecule has 0 aromatic rings. The Labute approximate surface area is 326 Å². The first kappa shape index (κ1) is 51.4. The SMILES string of the molecule is CC/C=C\C/C=C\C/C=C\CCCCCCCCCC(=O)OC(COC(=O)CCCCCCC/C=C\CCCCCC)COP(=O)(O)OCC(N)C(=O)O. The number of esters is 2. The number of nitrogens with two attached hydrogens (primary N) is 1. The van der Waals surface area contributed by atoms with Crippen LogP contribution in [0.3, 0.4) is 0 Å². The first-order valence-corrected chi connectivity index (χ1v) is 22.2. The van der Waals surface area contributed by atoms with Gasteiger partial charge in [-0.05, 0) is 70.6 Å². The van der Waals surface area contributed by atoms with E-state index in [2.05, 4.69) is 67.0 Å². The lowest BCUT2D eigenvalue weighted by atomic mass is 10.1. The lowest BCUT2D eigenvalue weighted by Gasteiger charge is -2.20. The summed E-state index contributed by atoms with van der Waals surface area (Å²) in [6, 6.07) is -1.52. The van der Waals surface area contributed by atoms with Gasteiger partial charge in [0.15, 0.2) is 6.10 Å². The third-order valence-corrected chi connectivity index (χ3v) is 9.51. The number of hydrogen-bond donors (Lipinski definition) is 3. The van der Waals surface area contributed by atoms with Crippen molar-refractivity contribution in [1.82, 2.24) is 0 Å². The fourth-order valence-electron chi connectivity index (χ4n) is 5.31. The van der Waals surface area contributed by atoms with Crippen molar-refractivity contribution >= 4 is 25.7 Å². The minimum Gasteiger partial charge on any atom is -0.480 e. The molecule has 0 spiro atoms. The van der Waals surface area contributed by atoms with Crippen LogP contribution in [0.1, 0.15) is 168 Å². The van der Waals surface area contributed by atoms with Crippen LogP contribution in [0.25, 0.3) is 0 Å². The lowest BCUT2D eigenvalue weighted by Crippen LogP contribution is -2.34. The molecule has 11 nitrogen and oxygen atoms in total. The van der Waals surface area contributed by atoms with Gasteiger partial charge in [0.05, 0.1) is 13.2 Å². The van der Waals surface area contributed by atoms with Crippen molar-refractivity contribution < 1.29 is 47.5 Å². The van der Waals surface area contributed by atoms with E-state index < -0.39 is 51.1 Å². The molecule has 0 aromatic heterocycles. The lowest BCUT2D eigenvalue weighted by molar-refractivity contribution is -0.161. The highest BCUT2D eigenvalue weighted by Gasteiger charge is 2.28. The number of carbonyl (C=O) groups excluding carboxylic acids is 2. The molecule has 3 unspecified atom stereocenters. The smallest absolute Gasteiger partial charge is 0.472 e. The van der Waals surface area contributed by atoms with Crippen LogP contribution in [0, 0.1) is 0 Å². The number of phosphoric ester groups is 1. The molecule has 0 heterocycles. The Hall–Kier alpha value is -2.56. The third-order valence-electron chi connectivity index (χ3n) is 8.56. The molecule has 0 aliphatic rings. The summed E-state index contributed by atoms with van der Waals surface area (Å²) in [5.74, 6) is -2.41. The molecule has 0 saturated carbocycles. The average molecular weight is 784 g/mol. The number of carboxylic acid groups (broad SMARTS) is 1. The Balaban J connectivity index is 4.42. The molecule has 4 N–H and O–H groups in total. The van der Waals surface area contributed by atoms with Crippen LogP contribution in [0.5, 0.6) is 0 Å². The van der Waals surface area contributed by atoms with Gasteiger partial charge in [0.2, 0.25) is 0 Å². The standard InChI is InChI=1S/C42H74NO10P/c1-3-5-7-9-11-13-15-17-18-19-20-22-24-26-28-30-32-34-41(45)53-38(36-51-54(48,49)52-37-39(43)42(46)47)35-50-40(44)33-31-29-27-25-23-21-16-14-12-10-8-6-4-2/h5,7,11,13-14,16-18,38-39H,3-4,6,8-10,12,15,19-37,43H2,1-2H3,(H,46,47)(H,48,49)/b7-5-,13-11-,16-14-,18-17-. The molecule has 0 fully saturated rings. The molecule has 312 valence electrons. The van der Waals surface area contributed by atoms with Gasteiger partial charge < -0.3 is 25.2 Å². The highest BCUT2D eigenvalue weighted by atomic mass is 31.2. The van der Waals surface area contributed by atoms with Gasteiger partial charge in [0.25, 0.3) is 0 Å². The van der Waals surface area contributed by atoms with Gasteiger partial charge in [-0.1, -0.05) is 133 Å². The van der Waals surface area contributed by atoms with E-state index >= 15 is 0 Å². The van der Waals surface area contributed by atoms with Gasteiger partial charge in [-0.3, -0.25) is 23.4 Å². The van der Waals surface area contributed by atoms with Crippen molar-refractivity contribution in [3.05, 3.63) is 48.6 Å². The van der Waals surface area contributed by atoms with Crippen LogP contribution in [0.4, 0.5) is 0 Å². The van der Waals surface area contributed by atoms with Gasteiger partial charge in [0.1, 0.15) is 12.6 Å². The van der Waals surface area contributed by atoms with Gasteiger partial charge in [-0.25, -0.2) is 4.57 Å². The van der Waals surface area contributed by atoms with E-state index in [1.807, 2.05) is 0 Å². The zero-order chi connectivity index (χ0) is 40.0. The first-order valence-electron chi connectivity index (χ1n) is 20.7. The predicted molar refractivity (Wildman–Crippen MR) is 217 cm³/mol. The quantitative estimate of drug-likeness (QED) is 0.0235. The second kappa shape index (κ2) is 37.4. The van der Waals surface area contributed by atoms with Crippen molar-refractivity contribution in [2.75, 3.05) is 19.8 Å². The molecular weight excluding hydrogens is 709 g/mol. The molecule has 0 bridgehead atoms. The average Bonchev–Trinajstić information content (AvgIpc) is 3.14. The molecule has 0 radical (unpaired) electrons. The van der Waals surface area contributed by atoms with Crippen molar-refractivity contribution in [1.29, 1.82) is 0 Å². The minimum absolute atomic E-state index is 0.147. The predicted octanol–water partition coefficient (Wildman–Crippen LogP) is 10.6. The van der Waals surface area contributed by atoms with Crippen molar-refractivity contribution in [3.8, 4) is 0 Å². The number of carbonyl (C=O) groups is 3. The number of allylic oxidation sites excluding steroid dienone is 8. The second-order valence-electron chi connectivity index (χ2n) is 13.7. The van der Waals surface area contributed by atoms with E-state index in [1.54, 1.807) is 0 Å². The Morgan fingerprint density at radius 3 is 1.57 bits per heavy atom. The van der Waals surface area contributed by atoms with E-state index in [0.29, 0.717) is 12.8 Å². The van der Waals surface area contributed by atoms with E-state index in [9.17, 15) is 23.8 Å². The monoisotopic (exact) mass is 784 g/mol. The van der Waals surface area contributed by atoms with E-state index in [1.165, 1.54) is 32.1 Å². The number of ether oxygens (including phenoxy) is 2. The maximum Gasteiger partial charge on any atom is 0.472 e. The summed E-state index contributed by atoms with van der Waals surface area (Å²) in [6.07, 6.45) is 40.3. The number of phosphoric acid groups is 1. The maximum atomic E-state index is 12.6. The van der Waals surface area contributed by atoms with Gasteiger partial charge in [0, 0.05) is 12.8 Å². The van der Waals surface area contributed by atoms with Crippen LogP contribution in [0.15, 0.2) is 48.6 Å². The Morgan fingerprint density at radius 1 is 0.593 bits per heavy atom. The molecule has 0 aliphatic heterocycles. The Bertz CT molecular complexity index is 1110. The molecule has 0 rings (SSSR count). The van der Waals surface area contributed by atoms with Crippen molar-refractivity contribution in [2.45, 2.75) is 180 Å². The molecular formula is C42H74NO10P. The molecule has 3 atom stereocenters. The highest BCUT2D eigenvalue weighted by molar-refractivity contribution is 7.47. The van der Waals surface area contributed by atoms with Crippen LogP contribution >= 0.6 is 7.82 Å². The fourth-order valence-corrected chi connectivity index (χ4v) is 6.09. The summed E-state index contributed by atoms with van der Waals surface area (Å²) < 4.78 is 32.6. The number of unbranched alkanes of at least 4 members (excludes halogenated alkanes) is 16. The largest absolute Gasteiger partial charge is 0.480 e. The zero-order valence-electron chi connectivity index (χ0n) is 33.6. The van der Waals surface area contributed by atoms with Crippen LogP contribution in [-0.2, 0) is 37.5 Å². The normalized spacial score (nSPS) is 14.3. The van der Waals surface area contributed by atoms with Crippen molar-refractivity contribution in [3.63, 3.8) is 0 Å². The van der Waals surface area contributed by atoms with Crippen LogP contribution in [0.2, 0.25) is 0 Å². The zero-order valence-corrected chi connectivity index (χ0v) is 34.4. The maximum absolute atomic E-state index is 12.6. The third kappa shape index (κ3) is 36.4. The first-order chi connectivity index (χ1) is 26.1. The van der Waals surface area contributed by atoms with Crippen LogP contribution < -0.4 is 5.73 Å². The van der Waals surface area contributed by atoms with Crippen LogP contribution in [-0.4, -0.2) is 59.9 Å². The second-order valence-corrected chi connectivity index (χ2v) is 15.2. The topological polar surface area (TPSA) is 172 Å². The molecule has 0 aliphatic carbocycles. The summed E-state index contributed by atoms with van der Waals surface area (Å²) >= 11 is 0. The molecule has 12 heteroatoms. The van der Waals surface area contributed by atoms with E-state index in [4.69, 9.17) is 24.8 Å². The Kier molecular flexibility index (Phi) is 35.6. The van der Waals surface area contributed by atoms with Gasteiger partial charge in [-0.2, -0.15) is 0 Å². The Morgan fingerprint density at radius 2 is 1.04 bits per heavy atom. The summed E-state index contributed by atoms with van der Waals surface area (Å²) in [5.41, 5.74) is 5.32. The van der Waals surface area contributed by atoms with E-state index in [0.717, 1.165) is 96.3 Å². The summed E-state index contributed by atoms with van der Waals surface area (Å²) in [7, 11) is -4.72. The number of rotatable bonds is 38. The summed E-state index contributed by atoms with van der Waals surface area (Å²) in [6.45, 7) is 2.64. The number of carboxylic acids is 1. The molecule has 0 saturated heterocycles. The van der Waals surface area contributed by atoms with Crippen molar-refractivity contribution in [2.24, 2.45) is 5.73 Å². The minimum atomic E-state index is -4.72. The number of aliphatic carboxylic acids is 1.